The number of nitrogens with one attached hydrogen (secondary N) is 2. The first kappa shape index (κ1) is 21.7. The summed E-state index contributed by atoms with van der Waals surface area (Å²) in [6.07, 6.45) is 5.11. The summed E-state index contributed by atoms with van der Waals surface area (Å²) in [5.74, 6) is -0.446. The highest BCUT2D eigenvalue weighted by Crippen LogP contribution is 2.33. The number of benzene rings is 2. The van der Waals surface area contributed by atoms with E-state index in [1.54, 1.807) is 16.5 Å². The second-order valence-corrected chi connectivity index (χ2v) is 9.68. The summed E-state index contributed by atoms with van der Waals surface area (Å²) in [6, 6.07) is 13.1. The molecule has 0 spiro atoms. The fourth-order valence-electron chi connectivity index (χ4n) is 3.47. The number of amides is 2. The second kappa shape index (κ2) is 8.93. The number of hydrogen-bond donors (Lipinski definition) is 2. The Morgan fingerprint density at radius 1 is 1.12 bits per heavy atom. The molecule has 2 aromatic carbocycles. The first-order valence-electron chi connectivity index (χ1n) is 9.72. The third kappa shape index (κ3) is 4.71. The van der Waals surface area contributed by atoms with Crippen LogP contribution in [0.2, 0.25) is 0 Å². The number of rotatable bonds is 6. The van der Waals surface area contributed by atoms with Gasteiger partial charge >= 0.3 is 0 Å². The van der Waals surface area contributed by atoms with E-state index in [0.717, 1.165) is 11.1 Å². The van der Waals surface area contributed by atoms with Gasteiger partial charge in [-0.3, -0.25) is 14.3 Å². The van der Waals surface area contributed by atoms with Gasteiger partial charge in [-0.05, 0) is 41.5 Å². The first-order valence-corrected chi connectivity index (χ1v) is 12.1. The molecule has 0 saturated heterocycles. The molecular formula is C22H20N4O4S2. The molecule has 0 fully saturated rings. The smallest absolute Gasteiger partial charge is 0.263 e. The van der Waals surface area contributed by atoms with Crippen LogP contribution in [-0.4, -0.2) is 30.1 Å². The highest BCUT2D eigenvalue weighted by atomic mass is 32.2. The van der Waals surface area contributed by atoms with Gasteiger partial charge < -0.3 is 10.2 Å². The van der Waals surface area contributed by atoms with E-state index in [-0.39, 0.29) is 28.3 Å². The third-order valence-corrected chi connectivity index (χ3v) is 7.12. The molecule has 0 aliphatic carbocycles. The fraction of sp³-hybridized carbons (Fsp3) is 0.136. The highest BCUT2D eigenvalue weighted by molar-refractivity contribution is 7.93. The van der Waals surface area contributed by atoms with Crippen LogP contribution in [0.1, 0.15) is 30.5 Å². The first-order chi connectivity index (χ1) is 15.3. The molecule has 3 aromatic rings. The predicted molar refractivity (Wildman–Crippen MR) is 123 cm³/mol. The van der Waals surface area contributed by atoms with Gasteiger partial charge in [0.25, 0.3) is 10.0 Å². The van der Waals surface area contributed by atoms with Crippen LogP contribution < -0.4 is 10.0 Å². The number of anilines is 2. The Kier molecular flexibility index (Phi) is 6.06. The van der Waals surface area contributed by atoms with E-state index >= 15 is 0 Å². The van der Waals surface area contributed by atoms with Crippen LogP contribution in [0, 0.1) is 0 Å². The van der Waals surface area contributed by atoms with Crippen LogP contribution in [0.3, 0.4) is 0 Å². The van der Waals surface area contributed by atoms with Gasteiger partial charge in [-0.1, -0.05) is 24.3 Å². The van der Waals surface area contributed by atoms with Crippen molar-refractivity contribution in [2.75, 3.05) is 10.0 Å². The lowest BCUT2D eigenvalue weighted by atomic mass is 9.93. The van der Waals surface area contributed by atoms with Crippen LogP contribution in [0.5, 0.6) is 0 Å². The minimum Gasteiger partial charge on any atom is -0.326 e. The monoisotopic (exact) mass is 468 g/mol. The Morgan fingerprint density at radius 2 is 1.88 bits per heavy atom. The van der Waals surface area contributed by atoms with Gasteiger partial charge in [-0.25, -0.2) is 13.4 Å². The van der Waals surface area contributed by atoms with Crippen molar-refractivity contribution in [2.24, 2.45) is 0 Å². The average Bonchev–Trinajstić information content (AvgIpc) is 3.26. The highest BCUT2D eigenvalue weighted by Gasteiger charge is 2.28. The summed E-state index contributed by atoms with van der Waals surface area (Å²) in [6.45, 7) is 1.46. The maximum atomic E-state index is 12.7. The van der Waals surface area contributed by atoms with E-state index in [0.29, 0.717) is 5.69 Å². The minimum atomic E-state index is -3.77. The van der Waals surface area contributed by atoms with Crippen molar-refractivity contribution in [1.82, 2.24) is 9.88 Å². The quantitative estimate of drug-likeness (QED) is 0.571. The van der Waals surface area contributed by atoms with Crippen molar-refractivity contribution in [3.8, 4) is 0 Å². The van der Waals surface area contributed by atoms with Crippen LogP contribution in [0.4, 0.5) is 10.8 Å². The van der Waals surface area contributed by atoms with Gasteiger partial charge in [0, 0.05) is 30.4 Å². The molecule has 1 aromatic heterocycles. The van der Waals surface area contributed by atoms with Crippen LogP contribution >= 0.6 is 11.3 Å². The largest absolute Gasteiger partial charge is 0.326 e. The SMILES string of the molecule is CC(=O)N1C=Cc2ccccc2[C@H]1CC(=O)Nc1ccc(S(=O)(=O)Nc2nccs2)cc1. The zero-order chi connectivity index (χ0) is 22.7. The Labute approximate surface area is 189 Å². The normalized spacial score (nSPS) is 15.2. The lowest BCUT2D eigenvalue weighted by Crippen LogP contribution is -2.33. The number of aromatic nitrogens is 1. The molecule has 0 saturated carbocycles. The van der Waals surface area contributed by atoms with E-state index in [2.05, 4.69) is 15.0 Å². The Bertz CT molecular complexity index is 1270. The summed E-state index contributed by atoms with van der Waals surface area (Å²) in [4.78, 5) is 30.3. The number of sulfonamides is 1. The number of carbonyl (C=O) groups excluding carboxylic acids is 2. The molecule has 1 aliphatic rings. The van der Waals surface area contributed by atoms with Gasteiger partial charge in [0.2, 0.25) is 11.8 Å². The van der Waals surface area contributed by atoms with Crippen molar-refractivity contribution in [3.05, 3.63) is 77.4 Å². The average molecular weight is 469 g/mol. The molecule has 8 nitrogen and oxygen atoms in total. The maximum Gasteiger partial charge on any atom is 0.263 e. The van der Waals surface area contributed by atoms with Gasteiger partial charge in [-0.2, -0.15) is 0 Å². The summed E-state index contributed by atoms with van der Waals surface area (Å²) < 4.78 is 27.3. The molecule has 0 unspecified atom stereocenters. The van der Waals surface area contributed by atoms with Gasteiger partial charge in [0.15, 0.2) is 5.13 Å². The number of hydrogen-bond acceptors (Lipinski definition) is 6. The van der Waals surface area contributed by atoms with Gasteiger partial charge in [-0.15, -0.1) is 11.3 Å². The van der Waals surface area contributed by atoms with Gasteiger partial charge in [0.05, 0.1) is 17.4 Å². The molecule has 10 heteroatoms. The third-order valence-electron chi connectivity index (χ3n) is 4.95. The number of nitrogens with zero attached hydrogens (tertiary/aromatic N) is 2. The van der Waals surface area contributed by atoms with Gasteiger partial charge in [0.1, 0.15) is 0 Å². The molecule has 0 bridgehead atoms. The summed E-state index contributed by atoms with van der Waals surface area (Å²) in [7, 11) is -3.77. The second-order valence-electron chi connectivity index (χ2n) is 7.11. The maximum absolute atomic E-state index is 12.7. The number of thiazole rings is 1. The molecular weight excluding hydrogens is 448 g/mol. The lowest BCUT2D eigenvalue weighted by molar-refractivity contribution is -0.129. The molecule has 2 amide bonds. The van der Waals surface area contributed by atoms with E-state index in [9.17, 15) is 18.0 Å². The molecule has 0 radical (unpaired) electrons. The molecule has 1 atom stereocenters. The summed E-state index contributed by atoms with van der Waals surface area (Å²) >= 11 is 1.18. The van der Waals surface area contributed by atoms with E-state index in [1.807, 2.05) is 30.3 Å². The van der Waals surface area contributed by atoms with E-state index in [4.69, 9.17) is 0 Å². The zero-order valence-electron chi connectivity index (χ0n) is 17.1. The fourth-order valence-corrected chi connectivity index (χ4v) is 5.25. The van der Waals surface area contributed by atoms with Crippen LogP contribution in [-0.2, 0) is 19.6 Å². The molecule has 32 heavy (non-hydrogen) atoms. The molecule has 2 N–H and O–H groups in total. The Balaban J connectivity index is 1.46. The lowest BCUT2D eigenvalue weighted by Gasteiger charge is -2.32. The predicted octanol–water partition coefficient (Wildman–Crippen LogP) is 3.85. The number of carbonyl (C=O) groups is 2. The topological polar surface area (TPSA) is 108 Å². The van der Waals surface area contributed by atoms with E-state index < -0.39 is 16.1 Å². The van der Waals surface area contributed by atoms with Crippen molar-refractivity contribution in [2.45, 2.75) is 24.3 Å². The minimum absolute atomic E-state index is 0.0554. The van der Waals surface area contributed by atoms with Crippen molar-refractivity contribution >= 4 is 50.1 Å². The Hall–Kier alpha value is -3.50. The molecule has 2 heterocycles. The van der Waals surface area contributed by atoms with Crippen LogP contribution in [0.25, 0.3) is 6.08 Å². The molecule has 4 rings (SSSR count). The van der Waals surface area contributed by atoms with Crippen molar-refractivity contribution in [3.63, 3.8) is 0 Å². The van der Waals surface area contributed by atoms with Crippen molar-refractivity contribution in [1.29, 1.82) is 0 Å². The van der Waals surface area contributed by atoms with E-state index in [1.165, 1.54) is 48.7 Å². The Morgan fingerprint density at radius 3 is 2.56 bits per heavy atom. The molecule has 164 valence electrons. The van der Waals surface area contributed by atoms with Crippen molar-refractivity contribution < 1.29 is 18.0 Å². The summed E-state index contributed by atoms with van der Waals surface area (Å²) in [5, 5.41) is 4.73. The zero-order valence-corrected chi connectivity index (χ0v) is 18.7. The summed E-state index contributed by atoms with van der Waals surface area (Å²) in [5.41, 5.74) is 2.32. The number of fused-ring (bicyclic) bond motifs is 1. The molecule has 1 aliphatic heterocycles. The standard InChI is InChI=1S/C22H20N4O4S2/c1-15(27)26-12-10-16-4-2-3-5-19(16)20(26)14-21(28)24-17-6-8-18(9-7-17)32(29,30)25-22-23-11-13-31-22/h2-13,20H,14H2,1H3,(H,23,25)(H,24,28)/t20-/m1/s1. The van der Waals surface area contributed by atoms with Crippen LogP contribution in [0.15, 0.2) is 71.2 Å².